The number of rotatable bonds is 6. The molecule has 0 saturated heterocycles. The van der Waals surface area contributed by atoms with Gasteiger partial charge < -0.3 is 4.57 Å². The Balaban J connectivity index is 1.59. The number of nitrogens with zero attached hydrogens (tertiary/aromatic N) is 3. The number of thioether (sulfide) groups is 1. The minimum atomic E-state index is -0.151. The Labute approximate surface area is 156 Å². The number of benzene rings is 1. The molecule has 1 aromatic carbocycles. The van der Waals surface area contributed by atoms with Gasteiger partial charge in [0.15, 0.2) is 5.16 Å². The summed E-state index contributed by atoms with van der Waals surface area (Å²) >= 11 is 6.36. The summed E-state index contributed by atoms with van der Waals surface area (Å²) in [7, 11) is 0. The smallest absolute Gasteiger partial charge is 0.250 e. The van der Waals surface area contributed by atoms with Crippen LogP contribution in [0, 0.1) is 0 Å². The first-order valence-corrected chi connectivity index (χ1v) is 9.92. The van der Waals surface area contributed by atoms with Crippen LogP contribution in [0.4, 0.5) is 0 Å². The normalized spacial score (nSPS) is 11.4. The zero-order chi connectivity index (χ0) is 16.9. The Kier molecular flexibility index (Phi) is 5.70. The van der Waals surface area contributed by atoms with Gasteiger partial charge in [-0.1, -0.05) is 23.9 Å². The Bertz CT molecular complexity index is 887. The Morgan fingerprint density at radius 3 is 3.00 bits per heavy atom. The maximum Gasteiger partial charge on any atom is 0.250 e. The van der Waals surface area contributed by atoms with Crippen LogP contribution in [-0.2, 0) is 11.3 Å². The molecule has 0 unspecified atom stereocenters. The van der Waals surface area contributed by atoms with E-state index < -0.39 is 0 Å². The van der Waals surface area contributed by atoms with Gasteiger partial charge in [-0.15, -0.1) is 11.3 Å². The first-order valence-electron chi connectivity index (χ1n) is 7.32. The molecule has 0 spiro atoms. The van der Waals surface area contributed by atoms with Crippen molar-refractivity contribution in [1.29, 1.82) is 0 Å². The van der Waals surface area contributed by atoms with E-state index in [0.717, 1.165) is 31.4 Å². The largest absolute Gasteiger partial charge is 0.319 e. The minimum absolute atomic E-state index is 0.151. The second kappa shape index (κ2) is 7.96. The maximum atomic E-state index is 11.9. The number of aryl methyl sites for hydroxylation is 1. The highest BCUT2D eigenvalue weighted by Gasteiger charge is 2.11. The number of imidazole rings is 1. The molecule has 0 radical (unpaired) electrons. The fourth-order valence-electron chi connectivity index (χ4n) is 2.20. The number of carbonyl (C=O) groups excluding carboxylic acids is 1. The van der Waals surface area contributed by atoms with Crippen molar-refractivity contribution in [2.75, 3.05) is 5.75 Å². The molecule has 24 heavy (non-hydrogen) atoms. The summed E-state index contributed by atoms with van der Waals surface area (Å²) in [5.74, 6) is 0.121. The third-order valence-electron chi connectivity index (χ3n) is 3.24. The van der Waals surface area contributed by atoms with Crippen LogP contribution in [0.25, 0.3) is 11.0 Å². The number of carbonyl (C=O) groups is 1. The van der Waals surface area contributed by atoms with Gasteiger partial charge >= 0.3 is 0 Å². The molecule has 0 aliphatic carbocycles. The number of hydrazone groups is 1. The van der Waals surface area contributed by atoms with Gasteiger partial charge in [-0.05, 0) is 47.1 Å². The van der Waals surface area contributed by atoms with Crippen molar-refractivity contribution in [3.05, 3.63) is 45.1 Å². The molecule has 124 valence electrons. The van der Waals surface area contributed by atoms with E-state index in [9.17, 15) is 4.79 Å². The van der Waals surface area contributed by atoms with E-state index in [1.165, 1.54) is 11.8 Å². The molecule has 0 aliphatic heterocycles. The Morgan fingerprint density at radius 2 is 2.25 bits per heavy atom. The molecule has 8 heteroatoms. The minimum Gasteiger partial charge on any atom is -0.319 e. The number of para-hydroxylation sites is 2. The van der Waals surface area contributed by atoms with E-state index in [1.54, 1.807) is 17.6 Å². The Hall–Kier alpha value is -1.64. The highest BCUT2D eigenvalue weighted by Crippen LogP contribution is 2.23. The van der Waals surface area contributed by atoms with Crippen molar-refractivity contribution in [3.8, 4) is 0 Å². The summed E-state index contributed by atoms with van der Waals surface area (Å²) in [4.78, 5) is 17.5. The fraction of sp³-hybridized carbons (Fsp3) is 0.188. The van der Waals surface area contributed by atoms with Crippen molar-refractivity contribution in [2.24, 2.45) is 5.10 Å². The molecule has 3 rings (SSSR count). The van der Waals surface area contributed by atoms with E-state index in [2.05, 4.69) is 42.9 Å². The van der Waals surface area contributed by atoms with Gasteiger partial charge in [0.25, 0.3) is 5.91 Å². The summed E-state index contributed by atoms with van der Waals surface area (Å²) in [6, 6.07) is 11.9. The zero-order valence-electron chi connectivity index (χ0n) is 12.9. The van der Waals surface area contributed by atoms with Crippen LogP contribution in [0.5, 0.6) is 0 Å². The van der Waals surface area contributed by atoms with Crippen LogP contribution >= 0.6 is 39.0 Å². The number of hydrogen-bond acceptors (Lipinski definition) is 5. The van der Waals surface area contributed by atoms with Crippen LogP contribution in [-0.4, -0.2) is 27.4 Å². The molecule has 0 atom stereocenters. The third-order valence-corrected chi connectivity index (χ3v) is 5.78. The van der Waals surface area contributed by atoms with E-state index in [1.807, 2.05) is 36.4 Å². The molecular weight excluding hydrogens is 408 g/mol. The second-order valence-corrected chi connectivity index (χ2v) is 8.29. The highest BCUT2D eigenvalue weighted by atomic mass is 79.9. The molecule has 0 saturated carbocycles. The van der Waals surface area contributed by atoms with E-state index >= 15 is 0 Å². The summed E-state index contributed by atoms with van der Waals surface area (Å²) < 4.78 is 3.14. The summed E-state index contributed by atoms with van der Waals surface area (Å²) in [5.41, 5.74) is 4.58. The lowest BCUT2D eigenvalue weighted by Gasteiger charge is -2.04. The number of hydrogen-bond donors (Lipinski definition) is 1. The molecule has 2 aromatic heterocycles. The van der Waals surface area contributed by atoms with Crippen molar-refractivity contribution < 1.29 is 4.79 Å². The number of halogens is 1. The molecule has 5 nitrogen and oxygen atoms in total. The number of amides is 1. The number of nitrogens with one attached hydrogen (secondary N) is 1. The summed E-state index contributed by atoms with van der Waals surface area (Å²) in [6.45, 7) is 2.89. The lowest BCUT2D eigenvalue weighted by atomic mass is 10.3. The molecule has 1 N–H and O–H groups in total. The average molecular weight is 423 g/mol. The summed E-state index contributed by atoms with van der Waals surface area (Å²) in [5, 5.41) is 4.82. The zero-order valence-corrected chi connectivity index (χ0v) is 16.1. The maximum absolute atomic E-state index is 11.9. The summed E-state index contributed by atoms with van der Waals surface area (Å²) in [6.07, 6.45) is 1.64. The second-order valence-electron chi connectivity index (χ2n) is 4.85. The molecule has 0 bridgehead atoms. The fourth-order valence-corrected chi connectivity index (χ4v) is 4.36. The highest BCUT2D eigenvalue weighted by molar-refractivity contribution is 9.11. The van der Waals surface area contributed by atoms with Crippen LogP contribution in [0.3, 0.4) is 0 Å². The van der Waals surface area contributed by atoms with Gasteiger partial charge in [-0.3, -0.25) is 4.79 Å². The van der Waals surface area contributed by atoms with E-state index in [0.29, 0.717) is 0 Å². The standard InChI is InChI=1S/C16H15BrN4OS2/c1-2-21-13-6-4-3-5-12(13)19-16(21)23-10-15(22)20-18-9-11-7-8-14(17)24-11/h3-9H,2,10H2,1H3,(H,20,22)/b18-9+. The molecule has 0 fully saturated rings. The number of thiophene rings is 1. The van der Waals surface area contributed by atoms with Gasteiger partial charge in [-0.25, -0.2) is 10.4 Å². The van der Waals surface area contributed by atoms with Gasteiger partial charge in [0, 0.05) is 11.4 Å². The monoisotopic (exact) mass is 422 g/mol. The molecule has 2 heterocycles. The lowest BCUT2D eigenvalue weighted by molar-refractivity contribution is -0.118. The van der Waals surface area contributed by atoms with Crippen molar-refractivity contribution >= 4 is 62.2 Å². The predicted octanol–water partition coefficient (Wildman–Crippen LogP) is 4.12. The van der Waals surface area contributed by atoms with Crippen molar-refractivity contribution in [3.63, 3.8) is 0 Å². The third kappa shape index (κ3) is 4.06. The SMILES string of the molecule is CCn1c(SCC(=O)N/N=C/c2ccc(Br)s2)nc2ccccc21. The van der Waals surface area contributed by atoms with E-state index in [4.69, 9.17) is 0 Å². The number of fused-ring (bicyclic) bond motifs is 1. The van der Waals surface area contributed by atoms with Crippen LogP contribution in [0.1, 0.15) is 11.8 Å². The first kappa shape index (κ1) is 17.2. The van der Waals surface area contributed by atoms with Gasteiger partial charge in [-0.2, -0.15) is 5.10 Å². The average Bonchev–Trinajstić information content (AvgIpc) is 3.15. The molecule has 1 amide bonds. The van der Waals surface area contributed by atoms with Gasteiger partial charge in [0.05, 0.1) is 26.8 Å². The number of aromatic nitrogens is 2. The quantitative estimate of drug-likeness (QED) is 0.369. The van der Waals surface area contributed by atoms with Crippen LogP contribution in [0.2, 0.25) is 0 Å². The molecule has 0 aliphatic rings. The molecular formula is C16H15BrN4OS2. The van der Waals surface area contributed by atoms with Gasteiger partial charge in [0.2, 0.25) is 0 Å². The van der Waals surface area contributed by atoms with Crippen molar-refractivity contribution in [1.82, 2.24) is 15.0 Å². The van der Waals surface area contributed by atoms with Crippen LogP contribution < -0.4 is 5.43 Å². The van der Waals surface area contributed by atoms with Crippen molar-refractivity contribution in [2.45, 2.75) is 18.6 Å². The van der Waals surface area contributed by atoms with Gasteiger partial charge in [0.1, 0.15) is 0 Å². The molecule has 3 aromatic rings. The topological polar surface area (TPSA) is 59.3 Å². The lowest BCUT2D eigenvalue weighted by Crippen LogP contribution is -2.19. The predicted molar refractivity (Wildman–Crippen MR) is 104 cm³/mol. The Morgan fingerprint density at radius 1 is 1.42 bits per heavy atom. The van der Waals surface area contributed by atoms with E-state index in [-0.39, 0.29) is 11.7 Å². The van der Waals surface area contributed by atoms with Crippen LogP contribution in [0.15, 0.2) is 50.4 Å². The first-order chi connectivity index (χ1) is 11.7.